The third-order valence-electron chi connectivity index (χ3n) is 4.13. The fraction of sp³-hybridized carbons (Fsp3) is 0.611. The molecule has 3 atom stereocenters. The molecule has 0 spiro atoms. The van der Waals surface area contributed by atoms with Crippen LogP contribution in [0.4, 0.5) is 4.39 Å². The highest BCUT2D eigenvalue weighted by Gasteiger charge is 2.32. The Labute approximate surface area is 152 Å². The van der Waals surface area contributed by atoms with Crippen molar-refractivity contribution < 1.29 is 9.18 Å². The summed E-state index contributed by atoms with van der Waals surface area (Å²) in [6.07, 6.45) is 3.42. The lowest BCUT2D eigenvalue weighted by Gasteiger charge is -2.28. The maximum atomic E-state index is 13.1. The predicted molar refractivity (Wildman–Crippen MR) is 105 cm³/mol. The largest absolute Gasteiger partial charge is 0.351 e. The minimum Gasteiger partial charge on any atom is -0.351 e. The van der Waals surface area contributed by atoms with Crippen molar-refractivity contribution in [1.82, 2.24) is 10.0 Å². The Morgan fingerprint density at radius 1 is 1.33 bits per heavy atom. The number of benzene rings is 1. The summed E-state index contributed by atoms with van der Waals surface area (Å²) in [7, 11) is 2.51. The van der Waals surface area contributed by atoms with Gasteiger partial charge in [-0.25, -0.2) is 9.11 Å². The van der Waals surface area contributed by atoms with Gasteiger partial charge in [-0.1, -0.05) is 27.2 Å². The fourth-order valence-corrected chi connectivity index (χ4v) is 3.75. The van der Waals surface area contributed by atoms with E-state index in [1.54, 1.807) is 6.07 Å². The standard InChI is InChI=1S/C16H24FN2OPS.C2H6/c1-10-5-4-6-12(10)18-15(20)16(2,3)19-22-14-8-7-11(17)9-13(14)21;1-2/h7-10,12,19H,4-6,21H2,1-3H3,(H,18,20);1-2H3. The number of carbonyl (C=O) groups is 1. The second-order valence-electron chi connectivity index (χ2n) is 6.50. The van der Waals surface area contributed by atoms with Crippen molar-refractivity contribution in [3.8, 4) is 0 Å². The monoisotopic (exact) mass is 372 g/mol. The summed E-state index contributed by atoms with van der Waals surface area (Å²) in [5.74, 6) is 0.288. The molecular weight excluding hydrogens is 342 g/mol. The van der Waals surface area contributed by atoms with Gasteiger partial charge in [0, 0.05) is 10.9 Å². The van der Waals surface area contributed by atoms with E-state index in [0.717, 1.165) is 16.6 Å². The van der Waals surface area contributed by atoms with E-state index < -0.39 is 5.54 Å². The van der Waals surface area contributed by atoms with Gasteiger partial charge in [0.05, 0.1) is 0 Å². The van der Waals surface area contributed by atoms with E-state index in [9.17, 15) is 9.18 Å². The van der Waals surface area contributed by atoms with Crippen LogP contribution in [0, 0.1) is 11.7 Å². The lowest BCUT2D eigenvalue weighted by atomic mass is 10.0. The first-order valence-corrected chi connectivity index (χ1v) is 9.99. The van der Waals surface area contributed by atoms with Crippen LogP contribution in [0.25, 0.3) is 0 Å². The van der Waals surface area contributed by atoms with Crippen LogP contribution in [-0.4, -0.2) is 17.5 Å². The highest BCUT2D eigenvalue weighted by molar-refractivity contribution is 7.97. The molecule has 1 aliphatic carbocycles. The van der Waals surface area contributed by atoms with Crippen molar-refractivity contribution in [2.45, 2.75) is 70.4 Å². The number of carbonyl (C=O) groups excluding carboxylic acids is 1. The molecule has 0 heterocycles. The molecule has 3 unspecified atom stereocenters. The molecule has 1 aliphatic rings. The predicted octanol–water partition coefficient (Wildman–Crippen LogP) is 4.03. The highest BCUT2D eigenvalue weighted by atomic mass is 32.2. The summed E-state index contributed by atoms with van der Waals surface area (Å²) in [5, 5.41) is 3.92. The molecule has 6 heteroatoms. The highest BCUT2D eigenvalue weighted by Crippen LogP contribution is 2.26. The van der Waals surface area contributed by atoms with Gasteiger partial charge >= 0.3 is 0 Å². The lowest BCUT2D eigenvalue weighted by Crippen LogP contribution is -2.53. The smallest absolute Gasteiger partial charge is 0.240 e. The van der Waals surface area contributed by atoms with Crippen LogP contribution in [0.2, 0.25) is 0 Å². The van der Waals surface area contributed by atoms with E-state index in [2.05, 4.69) is 26.2 Å². The first-order valence-electron chi connectivity index (χ1n) is 8.59. The average Bonchev–Trinajstić information content (AvgIpc) is 2.93. The van der Waals surface area contributed by atoms with Gasteiger partial charge in [0.25, 0.3) is 0 Å². The van der Waals surface area contributed by atoms with E-state index in [4.69, 9.17) is 0 Å². The van der Waals surface area contributed by atoms with Crippen molar-refractivity contribution in [3.63, 3.8) is 0 Å². The zero-order valence-corrected chi connectivity index (χ0v) is 17.3. The Bertz CT molecular complexity index is 554. The second-order valence-corrected chi connectivity index (χ2v) is 7.97. The number of amides is 1. The summed E-state index contributed by atoms with van der Waals surface area (Å²) >= 11 is 1.35. The molecule has 1 saturated carbocycles. The maximum Gasteiger partial charge on any atom is 0.240 e. The van der Waals surface area contributed by atoms with E-state index in [1.165, 1.54) is 36.9 Å². The first-order chi connectivity index (χ1) is 11.3. The summed E-state index contributed by atoms with van der Waals surface area (Å²) in [6.45, 7) is 9.91. The van der Waals surface area contributed by atoms with Crippen molar-refractivity contribution in [2.24, 2.45) is 5.92 Å². The summed E-state index contributed by atoms with van der Waals surface area (Å²) in [6, 6.07) is 4.87. The zero-order valence-electron chi connectivity index (χ0n) is 15.3. The van der Waals surface area contributed by atoms with E-state index in [-0.39, 0.29) is 17.8 Å². The zero-order chi connectivity index (χ0) is 18.3. The van der Waals surface area contributed by atoms with Crippen LogP contribution in [0.15, 0.2) is 23.1 Å². The molecule has 0 aromatic heterocycles. The summed E-state index contributed by atoms with van der Waals surface area (Å²) < 4.78 is 16.3. The first kappa shape index (κ1) is 21.4. The molecular formula is C18H30FN2OPS. The van der Waals surface area contributed by atoms with Crippen molar-refractivity contribution in [1.29, 1.82) is 0 Å². The van der Waals surface area contributed by atoms with Crippen molar-refractivity contribution in [2.75, 3.05) is 0 Å². The molecule has 136 valence electrons. The molecule has 0 radical (unpaired) electrons. The molecule has 1 aromatic rings. The van der Waals surface area contributed by atoms with E-state index >= 15 is 0 Å². The van der Waals surface area contributed by atoms with Crippen molar-refractivity contribution in [3.05, 3.63) is 24.0 Å². The molecule has 0 aliphatic heterocycles. The Hall–Kier alpha value is -0.640. The third-order valence-corrected chi connectivity index (χ3v) is 6.02. The molecule has 1 fully saturated rings. The van der Waals surface area contributed by atoms with Gasteiger partial charge in [-0.3, -0.25) is 4.79 Å². The Morgan fingerprint density at radius 3 is 2.54 bits per heavy atom. The van der Waals surface area contributed by atoms with E-state index in [0.29, 0.717) is 5.92 Å². The normalized spacial score (nSPS) is 20.3. The number of rotatable bonds is 5. The van der Waals surface area contributed by atoms with Crippen LogP contribution >= 0.6 is 21.2 Å². The van der Waals surface area contributed by atoms with Gasteiger partial charge in [-0.15, -0.1) is 9.24 Å². The van der Waals surface area contributed by atoms with Crippen LogP contribution in [-0.2, 0) is 4.79 Å². The molecule has 2 rings (SSSR count). The fourth-order valence-electron chi connectivity index (χ4n) is 2.55. The Balaban J connectivity index is 0.00000139. The number of hydrogen-bond donors (Lipinski definition) is 2. The summed E-state index contributed by atoms with van der Waals surface area (Å²) in [4.78, 5) is 13.4. The number of nitrogens with one attached hydrogen (secondary N) is 2. The third kappa shape index (κ3) is 6.02. The molecule has 2 N–H and O–H groups in total. The number of halogens is 1. The SMILES string of the molecule is CC.CC1CCCC1NC(=O)C(C)(C)NSc1ccc(F)cc1P. The van der Waals surface area contributed by atoms with Gasteiger partial charge in [-0.2, -0.15) is 0 Å². The topological polar surface area (TPSA) is 41.1 Å². The molecule has 24 heavy (non-hydrogen) atoms. The minimum absolute atomic E-state index is 0.00571. The van der Waals surface area contributed by atoms with Gasteiger partial charge in [-0.05, 0) is 68.1 Å². The Kier molecular flexibility index (Phi) is 8.69. The molecule has 1 aromatic carbocycles. The minimum atomic E-state index is -0.696. The van der Waals surface area contributed by atoms with Gasteiger partial charge in [0.2, 0.25) is 5.91 Å². The average molecular weight is 372 g/mol. The lowest BCUT2D eigenvalue weighted by molar-refractivity contribution is -0.126. The maximum absolute atomic E-state index is 13.1. The quantitative estimate of drug-likeness (QED) is 0.606. The summed E-state index contributed by atoms with van der Waals surface area (Å²) in [5.41, 5.74) is -0.696. The Morgan fingerprint density at radius 2 is 2.00 bits per heavy atom. The number of hydrogen-bond acceptors (Lipinski definition) is 3. The van der Waals surface area contributed by atoms with Crippen molar-refractivity contribution >= 4 is 32.4 Å². The second kappa shape index (κ2) is 9.74. The van der Waals surface area contributed by atoms with Crippen LogP contribution in [0.1, 0.15) is 53.9 Å². The van der Waals surface area contributed by atoms with Gasteiger partial charge < -0.3 is 5.32 Å². The molecule has 1 amide bonds. The molecule has 0 bridgehead atoms. The van der Waals surface area contributed by atoms with Crippen LogP contribution in [0.3, 0.4) is 0 Å². The van der Waals surface area contributed by atoms with Crippen LogP contribution in [0.5, 0.6) is 0 Å². The van der Waals surface area contributed by atoms with Crippen LogP contribution < -0.4 is 15.3 Å². The van der Waals surface area contributed by atoms with E-state index in [1.807, 2.05) is 27.7 Å². The van der Waals surface area contributed by atoms with Gasteiger partial charge in [0.1, 0.15) is 11.4 Å². The van der Waals surface area contributed by atoms with Gasteiger partial charge in [0.15, 0.2) is 0 Å². The molecule has 0 saturated heterocycles. The molecule has 3 nitrogen and oxygen atoms in total.